The van der Waals surface area contributed by atoms with Crippen LogP contribution in [-0.2, 0) is 14.3 Å². The van der Waals surface area contributed by atoms with Gasteiger partial charge in [-0.05, 0) is 43.2 Å². The number of carbonyl (C=O) groups excluding carboxylic acids is 1. The Balaban J connectivity index is 1.85. The maximum Gasteiger partial charge on any atom is 0.338 e. The molecule has 3 aromatic rings. The van der Waals surface area contributed by atoms with Gasteiger partial charge in [-0.3, -0.25) is 4.57 Å². The Morgan fingerprint density at radius 2 is 1.91 bits per heavy atom. The van der Waals surface area contributed by atoms with Crippen molar-refractivity contribution in [3.8, 4) is 11.5 Å². The van der Waals surface area contributed by atoms with E-state index in [-0.39, 0.29) is 6.61 Å². The minimum Gasteiger partial charge on any atom is -0.493 e. The highest BCUT2D eigenvalue weighted by atomic mass is 16.6. The van der Waals surface area contributed by atoms with Crippen LogP contribution in [0.25, 0.3) is 11.0 Å². The summed E-state index contributed by atoms with van der Waals surface area (Å²) in [6.45, 7) is 5.00. The summed E-state index contributed by atoms with van der Waals surface area (Å²) in [5, 5.41) is 3.28. The van der Waals surface area contributed by atoms with Crippen LogP contribution in [-0.4, -0.2) is 49.6 Å². The standard InChI is InChI=1S/C25H29N3O5/c1-5-12-32-20-11-10-17(15-21(20)31-4)23-22(24(29)33-14-13-30-3)16(2)26-25-27-18-8-6-7-9-19(18)28(23)25/h6-11,15,23H,5,12-14H2,1-4H3,(H,26,27)/t23-/m1/s1. The molecule has 0 fully saturated rings. The van der Waals surface area contributed by atoms with E-state index in [0.29, 0.717) is 41.9 Å². The van der Waals surface area contributed by atoms with Gasteiger partial charge < -0.3 is 24.3 Å². The van der Waals surface area contributed by atoms with Crippen LogP contribution >= 0.6 is 0 Å². The lowest BCUT2D eigenvalue weighted by atomic mass is 9.94. The van der Waals surface area contributed by atoms with Crippen LogP contribution in [0.3, 0.4) is 0 Å². The van der Waals surface area contributed by atoms with Crippen LogP contribution in [0.2, 0.25) is 0 Å². The molecular formula is C25H29N3O5. The van der Waals surface area contributed by atoms with E-state index >= 15 is 0 Å². The second kappa shape index (κ2) is 9.95. The number of fused-ring (bicyclic) bond motifs is 3. The molecule has 0 unspecified atom stereocenters. The number of methoxy groups -OCH3 is 2. The highest BCUT2D eigenvalue weighted by molar-refractivity contribution is 5.94. The van der Waals surface area contributed by atoms with Gasteiger partial charge in [0.15, 0.2) is 11.5 Å². The molecule has 0 radical (unpaired) electrons. The topological polar surface area (TPSA) is 83.8 Å². The molecule has 4 rings (SSSR count). The fraction of sp³-hybridized carbons (Fsp3) is 0.360. The first-order valence-electron chi connectivity index (χ1n) is 11.0. The van der Waals surface area contributed by atoms with E-state index in [1.807, 2.05) is 54.0 Å². The fourth-order valence-corrected chi connectivity index (χ4v) is 4.02. The van der Waals surface area contributed by atoms with E-state index in [2.05, 4.69) is 12.2 Å². The lowest BCUT2D eigenvalue weighted by Gasteiger charge is -2.30. The molecule has 174 valence electrons. The van der Waals surface area contributed by atoms with Crippen molar-refractivity contribution < 1.29 is 23.7 Å². The summed E-state index contributed by atoms with van der Waals surface area (Å²) in [5.74, 6) is 1.53. The predicted molar refractivity (Wildman–Crippen MR) is 126 cm³/mol. The second-order valence-corrected chi connectivity index (χ2v) is 7.75. The van der Waals surface area contributed by atoms with Crippen LogP contribution < -0.4 is 14.8 Å². The van der Waals surface area contributed by atoms with Crippen molar-refractivity contribution >= 4 is 23.0 Å². The summed E-state index contributed by atoms with van der Waals surface area (Å²) in [6, 6.07) is 13.1. The van der Waals surface area contributed by atoms with E-state index in [1.54, 1.807) is 14.2 Å². The number of para-hydroxylation sites is 2. The van der Waals surface area contributed by atoms with Gasteiger partial charge in [-0.15, -0.1) is 0 Å². The van der Waals surface area contributed by atoms with Crippen LogP contribution in [0.1, 0.15) is 31.9 Å². The number of imidazole rings is 1. The zero-order valence-electron chi connectivity index (χ0n) is 19.4. The Bertz CT molecular complexity index is 1180. The molecule has 0 spiro atoms. The number of rotatable bonds is 9. The zero-order chi connectivity index (χ0) is 23.4. The lowest BCUT2D eigenvalue weighted by molar-refractivity contribution is -0.140. The number of aromatic nitrogens is 2. The minimum atomic E-state index is -0.460. The molecule has 8 heteroatoms. The summed E-state index contributed by atoms with van der Waals surface area (Å²) < 4.78 is 24.0. The summed E-state index contributed by atoms with van der Waals surface area (Å²) in [5.41, 5.74) is 3.80. The van der Waals surface area contributed by atoms with Crippen molar-refractivity contribution in [3.05, 3.63) is 59.3 Å². The second-order valence-electron chi connectivity index (χ2n) is 7.75. The van der Waals surface area contributed by atoms with Crippen molar-refractivity contribution in [2.75, 3.05) is 39.4 Å². The third-order valence-corrected chi connectivity index (χ3v) is 5.54. The molecule has 0 amide bonds. The third-order valence-electron chi connectivity index (χ3n) is 5.54. The van der Waals surface area contributed by atoms with Crippen LogP contribution in [0.5, 0.6) is 11.5 Å². The number of benzene rings is 2. The highest BCUT2D eigenvalue weighted by Crippen LogP contribution is 2.41. The van der Waals surface area contributed by atoms with Gasteiger partial charge in [-0.2, -0.15) is 0 Å². The smallest absolute Gasteiger partial charge is 0.338 e. The predicted octanol–water partition coefficient (Wildman–Crippen LogP) is 4.31. The number of esters is 1. The monoisotopic (exact) mass is 451 g/mol. The Morgan fingerprint density at radius 3 is 2.67 bits per heavy atom. The first-order valence-corrected chi connectivity index (χ1v) is 11.0. The number of allylic oxidation sites excluding steroid dienone is 1. The molecule has 33 heavy (non-hydrogen) atoms. The SMILES string of the molecule is CCCOc1ccc([C@@H]2C(C(=O)OCCOC)=C(C)Nc3nc4ccccc4n32)cc1OC. The molecule has 0 aliphatic carbocycles. The van der Waals surface area contributed by atoms with Gasteiger partial charge >= 0.3 is 5.97 Å². The molecule has 1 aromatic heterocycles. The molecule has 2 aromatic carbocycles. The third kappa shape index (κ3) is 4.39. The summed E-state index contributed by atoms with van der Waals surface area (Å²) >= 11 is 0. The number of nitrogens with one attached hydrogen (secondary N) is 1. The fourth-order valence-electron chi connectivity index (χ4n) is 4.02. The minimum absolute atomic E-state index is 0.170. The Hall–Kier alpha value is -3.52. The summed E-state index contributed by atoms with van der Waals surface area (Å²) in [7, 11) is 3.18. The van der Waals surface area contributed by atoms with E-state index in [0.717, 1.165) is 23.0 Å². The number of ether oxygens (including phenoxy) is 4. The Morgan fingerprint density at radius 1 is 1.09 bits per heavy atom. The van der Waals surface area contributed by atoms with Crippen LogP contribution in [0.4, 0.5) is 5.95 Å². The number of anilines is 1. The van der Waals surface area contributed by atoms with E-state index in [1.165, 1.54) is 0 Å². The number of hydrogen-bond acceptors (Lipinski definition) is 7. The molecule has 1 atom stereocenters. The number of nitrogens with zero attached hydrogens (tertiary/aromatic N) is 2. The van der Waals surface area contributed by atoms with Crippen LogP contribution in [0.15, 0.2) is 53.7 Å². The maximum atomic E-state index is 13.2. The van der Waals surface area contributed by atoms with Crippen molar-refractivity contribution in [2.24, 2.45) is 0 Å². The Labute approximate surface area is 193 Å². The average Bonchev–Trinajstić information content (AvgIpc) is 3.19. The molecule has 1 aliphatic heterocycles. The van der Waals surface area contributed by atoms with Gasteiger partial charge in [0.2, 0.25) is 5.95 Å². The maximum absolute atomic E-state index is 13.2. The average molecular weight is 452 g/mol. The van der Waals surface area contributed by atoms with Crippen LogP contribution in [0, 0.1) is 0 Å². The Kier molecular flexibility index (Phi) is 6.84. The van der Waals surface area contributed by atoms with E-state index in [4.69, 9.17) is 23.9 Å². The van der Waals surface area contributed by atoms with Gasteiger partial charge in [0.05, 0.1) is 43.0 Å². The molecule has 1 aliphatic rings. The number of carbonyl (C=O) groups is 1. The molecule has 0 bridgehead atoms. The zero-order valence-corrected chi connectivity index (χ0v) is 19.4. The summed E-state index contributed by atoms with van der Waals surface area (Å²) in [6.07, 6.45) is 0.892. The molecule has 8 nitrogen and oxygen atoms in total. The molecule has 2 heterocycles. The van der Waals surface area contributed by atoms with E-state index < -0.39 is 12.0 Å². The normalized spacial score (nSPS) is 15.2. The first kappa shape index (κ1) is 22.7. The van der Waals surface area contributed by atoms with Gasteiger partial charge in [-0.25, -0.2) is 9.78 Å². The lowest BCUT2D eigenvalue weighted by Crippen LogP contribution is -2.29. The largest absolute Gasteiger partial charge is 0.493 e. The van der Waals surface area contributed by atoms with Gasteiger partial charge in [-0.1, -0.05) is 25.1 Å². The van der Waals surface area contributed by atoms with Crippen molar-refractivity contribution in [1.29, 1.82) is 0 Å². The highest BCUT2D eigenvalue weighted by Gasteiger charge is 2.35. The quantitative estimate of drug-likeness (QED) is 0.383. The molecular weight excluding hydrogens is 422 g/mol. The van der Waals surface area contributed by atoms with Crippen molar-refractivity contribution in [2.45, 2.75) is 26.3 Å². The van der Waals surface area contributed by atoms with Crippen molar-refractivity contribution in [1.82, 2.24) is 9.55 Å². The van der Waals surface area contributed by atoms with E-state index in [9.17, 15) is 4.79 Å². The molecule has 0 saturated carbocycles. The summed E-state index contributed by atoms with van der Waals surface area (Å²) in [4.78, 5) is 18.0. The number of hydrogen-bond donors (Lipinski definition) is 1. The van der Waals surface area contributed by atoms with Gasteiger partial charge in [0, 0.05) is 12.8 Å². The first-order chi connectivity index (χ1) is 16.1. The van der Waals surface area contributed by atoms with Gasteiger partial charge in [0.1, 0.15) is 6.61 Å². The molecule has 1 N–H and O–H groups in total. The molecule has 0 saturated heterocycles. The van der Waals surface area contributed by atoms with Crippen molar-refractivity contribution in [3.63, 3.8) is 0 Å². The van der Waals surface area contributed by atoms with Gasteiger partial charge in [0.25, 0.3) is 0 Å².